The van der Waals surface area contributed by atoms with E-state index in [1.54, 1.807) is 11.7 Å². The number of nitrogens with zero attached hydrogens (tertiary/aromatic N) is 5. The van der Waals surface area contributed by atoms with Crippen molar-refractivity contribution in [1.82, 2.24) is 24.7 Å². The number of hydrogen-bond acceptors (Lipinski definition) is 7. The molecular weight excluding hydrogens is 270 g/mol. The van der Waals surface area contributed by atoms with Gasteiger partial charge in [0, 0.05) is 32.4 Å². The first kappa shape index (κ1) is 15.0. The van der Waals surface area contributed by atoms with E-state index >= 15 is 0 Å². The van der Waals surface area contributed by atoms with Gasteiger partial charge in [0.1, 0.15) is 0 Å². The van der Waals surface area contributed by atoms with Gasteiger partial charge >= 0.3 is 6.01 Å². The summed E-state index contributed by atoms with van der Waals surface area (Å²) < 4.78 is 7.30. The molecule has 21 heavy (non-hydrogen) atoms. The molecule has 0 radical (unpaired) electrons. The van der Waals surface area contributed by atoms with Crippen molar-refractivity contribution in [2.24, 2.45) is 7.05 Å². The molecule has 0 atom stereocenters. The average Bonchev–Trinajstić information content (AvgIpc) is 2.73. The topological polar surface area (TPSA) is 89.8 Å². The van der Waals surface area contributed by atoms with Crippen molar-refractivity contribution in [1.29, 1.82) is 0 Å². The maximum absolute atomic E-state index is 5.52. The number of hydrogen-bond donors (Lipinski definition) is 2. The van der Waals surface area contributed by atoms with E-state index in [4.69, 9.17) is 4.74 Å². The smallest absolute Gasteiger partial charge is 0.323 e. The van der Waals surface area contributed by atoms with E-state index in [2.05, 4.69) is 30.7 Å². The van der Waals surface area contributed by atoms with Crippen LogP contribution in [0.1, 0.15) is 25.1 Å². The third kappa shape index (κ3) is 4.04. The van der Waals surface area contributed by atoms with Crippen LogP contribution in [0.3, 0.4) is 0 Å². The first-order valence-corrected chi connectivity index (χ1v) is 6.81. The quantitative estimate of drug-likeness (QED) is 0.830. The van der Waals surface area contributed by atoms with Crippen LogP contribution in [0.15, 0.2) is 6.20 Å². The summed E-state index contributed by atoms with van der Waals surface area (Å²) in [6.07, 6.45) is 1.97. The lowest BCUT2D eigenvalue weighted by Gasteiger charge is -2.11. The Morgan fingerprint density at radius 3 is 2.52 bits per heavy atom. The standard InChI is InChI=1S/C13H21N7O/c1-8(2)21-13-17-11(14-4)16-12(18-13)15-6-10-7-20(5)19-9(10)3/h7-8H,6H2,1-5H3,(H2,14,15,16,17,18). The monoisotopic (exact) mass is 291 g/mol. The molecule has 2 aromatic rings. The van der Waals surface area contributed by atoms with E-state index in [1.807, 2.05) is 34.0 Å². The maximum atomic E-state index is 5.52. The fraction of sp³-hybridized carbons (Fsp3) is 0.538. The van der Waals surface area contributed by atoms with Gasteiger partial charge in [-0.3, -0.25) is 4.68 Å². The number of nitrogens with one attached hydrogen (secondary N) is 2. The number of aryl methyl sites for hydroxylation is 2. The van der Waals surface area contributed by atoms with Crippen molar-refractivity contribution < 1.29 is 4.74 Å². The van der Waals surface area contributed by atoms with Crippen LogP contribution >= 0.6 is 0 Å². The van der Waals surface area contributed by atoms with Crippen LogP contribution in [-0.2, 0) is 13.6 Å². The Labute approximate surface area is 124 Å². The van der Waals surface area contributed by atoms with Gasteiger partial charge < -0.3 is 15.4 Å². The average molecular weight is 291 g/mol. The normalized spacial score (nSPS) is 10.8. The fourth-order valence-electron chi connectivity index (χ4n) is 1.81. The minimum atomic E-state index is 0.00511. The molecule has 2 N–H and O–H groups in total. The van der Waals surface area contributed by atoms with Gasteiger partial charge in [-0.05, 0) is 20.8 Å². The molecular formula is C13H21N7O. The Kier molecular flexibility index (Phi) is 4.56. The molecule has 0 bridgehead atoms. The van der Waals surface area contributed by atoms with Crippen LogP contribution in [0.5, 0.6) is 6.01 Å². The van der Waals surface area contributed by atoms with Gasteiger partial charge in [0.25, 0.3) is 0 Å². The van der Waals surface area contributed by atoms with E-state index < -0.39 is 0 Å². The third-order valence-electron chi connectivity index (χ3n) is 2.73. The second kappa shape index (κ2) is 6.38. The first-order chi connectivity index (χ1) is 9.97. The van der Waals surface area contributed by atoms with Crippen molar-refractivity contribution >= 4 is 11.9 Å². The second-order valence-corrected chi connectivity index (χ2v) is 4.95. The minimum absolute atomic E-state index is 0.00511. The third-order valence-corrected chi connectivity index (χ3v) is 2.73. The van der Waals surface area contributed by atoms with Gasteiger partial charge in [-0.2, -0.15) is 20.1 Å². The first-order valence-electron chi connectivity index (χ1n) is 6.81. The van der Waals surface area contributed by atoms with Gasteiger partial charge in [0.2, 0.25) is 11.9 Å². The van der Waals surface area contributed by atoms with Crippen LogP contribution in [0, 0.1) is 6.92 Å². The zero-order valence-electron chi connectivity index (χ0n) is 13.0. The van der Waals surface area contributed by atoms with Crippen LogP contribution in [0.25, 0.3) is 0 Å². The number of rotatable bonds is 6. The van der Waals surface area contributed by atoms with Crippen molar-refractivity contribution in [3.63, 3.8) is 0 Å². The van der Waals surface area contributed by atoms with Gasteiger partial charge in [0.15, 0.2) is 0 Å². The van der Waals surface area contributed by atoms with E-state index in [0.29, 0.717) is 24.5 Å². The van der Waals surface area contributed by atoms with E-state index in [9.17, 15) is 0 Å². The van der Waals surface area contributed by atoms with Gasteiger partial charge in [-0.1, -0.05) is 0 Å². The van der Waals surface area contributed by atoms with Gasteiger partial charge in [-0.25, -0.2) is 0 Å². The lowest BCUT2D eigenvalue weighted by Crippen LogP contribution is -2.13. The number of anilines is 2. The molecule has 0 unspecified atom stereocenters. The Hall–Kier alpha value is -2.38. The molecule has 2 aromatic heterocycles. The fourth-order valence-corrected chi connectivity index (χ4v) is 1.81. The maximum Gasteiger partial charge on any atom is 0.323 e. The van der Waals surface area contributed by atoms with Crippen LogP contribution in [0.2, 0.25) is 0 Å². The molecule has 0 spiro atoms. The Morgan fingerprint density at radius 1 is 1.24 bits per heavy atom. The molecule has 0 fully saturated rings. The van der Waals surface area contributed by atoms with Crippen LogP contribution in [0.4, 0.5) is 11.9 Å². The Morgan fingerprint density at radius 2 is 1.95 bits per heavy atom. The molecule has 114 valence electrons. The van der Waals surface area contributed by atoms with Crippen molar-refractivity contribution in [2.45, 2.75) is 33.4 Å². The molecule has 0 saturated heterocycles. The summed E-state index contributed by atoms with van der Waals surface area (Å²) >= 11 is 0. The lowest BCUT2D eigenvalue weighted by atomic mass is 10.3. The van der Waals surface area contributed by atoms with E-state index in [-0.39, 0.29) is 6.10 Å². The minimum Gasteiger partial charge on any atom is -0.461 e. The van der Waals surface area contributed by atoms with Gasteiger partial charge in [0.05, 0.1) is 11.8 Å². The molecule has 2 heterocycles. The summed E-state index contributed by atoms with van der Waals surface area (Å²) in [6.45, 7) is 6.41. The molecule has 0 amide bonds. The predicted octanol–water partition coefficient (Wildman–Crippen LogP) is 1.35. The highest BCUT2D eigenvalue weighted by molar-refractivity contribution is 5.36. The molecule has 0 saturated carbocycles. The largest absolute Gasteiger partial charge is 0.461 e. The Bertz CT molecular complexity index is 609. The molecule has 2 rings (SSSR count). The zero-order valence-corrected chi connectivity index (χ0v) is 13.0. The number of aromatic nitrogens is 5. The summed E-state index contributed by atoms with van der Waals surface area (Å²) in [5, 5.41) is 10.4. The van der Waals surface area contributed by atoms with Crippen molar-refractivity contribution in [3.8, 4) is 6.01 Å². The predicted molar refractivity (Wildman–Crippen MR) is 80.4 cm³/mol. The van der Waals surface area contributed by atoms with Crippen molar-refractivity contribution in [2.75, 3.05) is 17.7 Å². The second-order valence-electron chi connectivity index (χ2n) is 4.95. The van der Waals surface area contributed by atoms with Crippen LogP contribution in [-0.4, -0.2) is 37.9 Å². The zero-order chi connectivity index (χ0) is 15.4. The highest BCUT2D eigenvalue weighted by Crippen LogP contribution is 2.13. The van der Waals surface area contributed by atoms with E-state index in [1.165, 1.54) is 0 Å². The summed E-state index contributed by atoms with van der Waals surface area (Å²) in [6, 6.07) is 0.301. The lowest BCUT2D eigenvalue weighted by molar-refractivity contribution is 0.222. The van der Waals surface area contributed by atoms with Crippen molar-refractivity contribution in [3.05, 3.63) is 17.5 Å². The molecule has 0 aliphatic heterocycles. The van der Waals surface area contributed by atoms with E-state index in [0.717, 1.165) is 11.3 Å². The molecule has 8 heteroatoms. The molecule has 0 aliphatic rings. The summed E-state index contributed by atoms with van der Waals surface area (Å²) in [5.41, 5.74) is 2.07. The molecule has 8 nitrogen and oxygen atoms in total. The SMILES string of the molecule is CNc1nc(NCc2cn(C)nc2C)nc(OC(C)C)n1. The van der Waals surface area contributed by atoms with Gasteiger partial charge in [-0.15, -0.1) is 0 Å². The highest BCUT2D eigenvalue weighted by atomic mass is 16.5. The Balaban J connectivity index is 2.13. The highest BCUT2D eigenvalue weighted by Gasteiger charge is 2.09. The summed E-state index contributed by atoms with van der Waals surface area (Å²) in [4.78, 5) is 12.7. The summed E-state index contributed by atoms with van der Waals surface area (Å²) in [7, 11) is 3.65. The summed E-state index contributed by atoms with van der Waals surface area (Å²) in [5.74, 6) is 0.930. The molecule has 0 aliphatic carbocycles. The number of ether oxygens (including phenoxy) is 1. The van der Waals surface area contributed by atoms with Crippen LogP contribution < -0.4 is 15.4 Å². The molecule has 0 aromatic carbocycles.